The molecule has 1 amide bonds. The number of carbonyl (C=O) groups is 1. The lowest BCUT2D eigenvalue weighted by atomic mass is 10.0. The number of nitrogens with two attached hydrogens (primary N) is 1. The van der Waals surface area contributed by atoms with Gasteiger partial charge in [0, 0.05) is 16.7 Å². The Balaban J connectivity index is 1.82. The van der Waals surface area contributed by atoms with Crippen LogP contribution in [0.15, 0.2) is 24.3 Å². The molecule has 5 heteroatoms. The van der Waals surface area contributed by atoms with Gasteiger partial charge in [-0.1, -0.05) is 31.4 Å². The highest BCUT2D eigenvalue weighted by Gasteiger charge is 2.15. The van der Waals surface area contributed by atoms with Crippen molar-refractivity contribution in [2.75, 3.05) is 17.3 Å². The number of rotatable bonds is 8. The molecule has 1 aromatic carbocycles. The summed E-state index contributed by atoms with van der Waals surface area (Å²) in [5, 5.41) is 3.75. The van der Waals surface area contributed by atoms with Crippen LogP contribution in [-0.4, -0.2) is 29.2 Å². The summed E-state index contributed by atoms with van der Waals surface area (Å²) in [4.78, 5) is 12.1. The molecule has 3 N–H and O–H groups in total. The van der Waals surface area contributed by atoms with Gasteiger partial charge in [0.15, 0.2) is 0 Å². The molecule has 1 aliphatic rings. The number of benzene rings is 1. The Morgan fingerprint density at radius 1 is 1.35 bits per heavy atom. The highest BCUT2D eigenvalue weighted by Crippen LogP contribution is 2.30. The molecule has 1 aromatic rings. The molecule has 0 bridgehead atoms. The smallest absolute Gasteiger partial charge is 0.241 e. The van der Waals surface area contributed by atoms with Crippen molar-refractivity contribution < 1.29 is 4.79 Å². The number of hydrogen-bond donors (Lipinski definition) is 2. The molecule has 0 heterocycles. The van der Waals surface area contributed by atoms with E-state index in [-0.39, 0.29) is 5.91 Å². The summed E-state index contributed by atoms with van der Waals surface area (Å²) in [5.74, 6) is 1.84. The number of carbonyl (C=O) groups excluding carboxylic acids is 1. The second-order valence-electron chi connectivity index (χ2n) is 6.15. The quantitative estimate of drug-likeness (QED) is 0.733. The van der Waals surface area contributed by atoms with Crippen molar-refractivity contribution in [2.45, 2.75) is 55.6 Å². The van der Waals surface area contributed by atoms with Gasteiger partial charge in [0.2, 0.25) is 5.91 Å². The zero-order chi connectivity index (χ0) is 16.5. The van der Waals surface area contributed by atoms with Gasteiger partial charge >= 0.3 is 0 Å². The molecular formula is C18H28N2OS2. The van der Waals surface area contributed by atoms with E-state index in [1.54, 1.807) is 11.8 Å². The van der Waals surface area contributed by atoms with E-state index in [2.05, 4.69) is 29.2 Å². The van der Waals surface area contributed by atoms with E-state index in [4.69, 9.17) is 5.73 Å². The fourth-order valence-electron chi connectivity index (χ4n) is 2.80. The van der Waals surface area contributed by atoms with Gasteiger partial charge in [0.1, 0.15) is 0 Å². The minimum Gasteiger partial charge on any atom is -0.325 e. The molecule has 0 aliphatic heterocycles. The first kappa shape index (κ1) is 18.7. The first-order valence-corrected chi connectivity index (χ1v) is 10.9. The Bertz CT molecular complexity index is 490. The van der Waals surface area contributed by atoms with Crippen LogP contribution in [0.25, 0.3) is 0 Å². The van der Waals surface area contributed by atoms with E-state index in [1.165, 1.54) is 37.7 Å². The lowest BCUT2D eigenvalue weighted by Gasteiger charge is -2.21. The summed E-state index contributed by atoms with van der Waals surface area (Å²) in [6.07, 6.45) is 9.60. The number of nitrogens with one attached hydrogen (secondary N) is 1. The van der Waals surface area contributed by atoms with E-state index >= 15 is 0 Å². The van der Waals surface area contributed by atoms with Gasteiger partial charge in [-0.3, -0.25) is 4.79 Å². The Morgan fingerprint density at radius 3 is 2.87 bits per heavy atom. The van der Waals surface area contributed by atoms with Crippen molar-refractivity contribution in [1.29, 1.82) is 0 Å². The second-order valence-corrected chi connectivity index (χ2v) is 8.42. The van der Waals surface area contributed by atoms with E-state index in [9.17, 15) is 4.79 Å². The highest BCUT2D eigenvalue weighted by molar-refractivity contribution is 7.99. The lowest BCUT2D eigenvalue weighted by molar-refractivity contribution is -0.117. The average molecular weight is 353 g/mol. The van der Waals surface area contributed by atoms with Gasteiger partial charge in [-0.15, -0.1) is 0 Å². The largest absolute Gasteiger partial charge is 0.325 e. The van der Waals surface area contributed by atoms with E-state index in [0.29, 0.717) is 6.42 Å². The van der Waals surface area contributed by atoms with Crippen LogP contribution in [0.4, 0.5) is 5.69 Å². The molecule has 1 atom stereocenters. The van der Waals surface area contributed by atoms with E-state index in [0.717, 1.165) is 22.4 Å². The standard InChI is InChI=1S/C18H28N2OS2/c1-22-11-10-17(19)18(21)20-15-7-5-6-14(12-15)13-23-16-8-3-2-4-9-16/h5-7,12,16-17H,2-4,8-11,13,19H2,1H3,(H,20,21)/t17-/m0/s1. The van der Waals surface area contributed by atoms with Crippen LogP contribution in [0.1, 0.15) is 44.1 Å². The summed E-state index contributed by atoms with van der Waals surface area (Å²) in [6, 6.07) is 7.74. The molecule has 0 saturated heterocycles. The van der Waals surface area contributed by atoms with Crippen molar-refractivity contribution in [1.82, 2.24) is 0 Å². The van der Waals surface area contributed by atoms with Crippen LogP contribution in [0.3, 0.4) is 0 Å². The Morgan fingerprint density at radius 2 is 2.13 bits per heavy atom. The normalized spacial score (nSPS) is 17.0. The molecular weight excluding hydrogens is 324 g/mol. The Labute approximate surface area is 148 Å². The fourth-order valence-corrected chi connectivity index (χ4v) is 4.56. The number of hydrogen-bond acceptors (Lipinski definition) is 4. The molecule has 1 saturated carbocycles. The average Bonchev–Trinajstić information content (AvgIpc) is 2.59. The number of amides is 1. The van der Waals surface area contributed by atoms with Gasteiger partial charge < -0.3 is 11.1 Å². The third kappa shape index (κ3) is 6.77. The van der Waals surface area contributed by atoms with Gasteiger partial charge in [-0.25, -0.2) is 0 Å². The molecule has 1 aliphatic carbocycles. The first-order valence-electron chi connectivity index (χ1n) is 8.45. The number of anilines is 1. The van der Waals surface area contributed by atoms with E-state index in [1.807, 2.05) is 18.4 Å². The molecule has 23 heavy (non-hydrogen) atoms. The van der Waals surface area contributed by atoms with Gasteiger partial charge in [-0.2, -0.15) is 23.5 Å². The summed E-state index contributed by atoms with van der Waals surface area (Å²) in [7, 11) is 0. The molecule has 0 unspecified atom stereocenters. The molecule has 0 radical (unpaired) electrons. The molecule has 3 nitrogen and oxygen atoms in total. The fraction of sp³-hybridized carbons (Fsp3) is 0.611. The molecule has 2 rings (SSSR count). The van der Waals surface area contributed by atoms with Crippen LogP contribution in [-0.2, 0) is 10.5 Å². The summed E-state index contributed by atoms with van der Waals surface area (Å²) in [5.41, 5.74) is 8.05. The minimum atomic E-state index is -0.428. The van der Waals surface area contributed by atoms with Crippen molar-refractivity contribution >= 4 is 35.1 Å². The molecule has 128 valence electrons. The maximum Gasteiger partial charge on any atom is 0.241 e. The number of thioether (sulfide) groups is 2. The van der Waals surface area contributed by atoms with Crippen LogP contribution >= 0.6 is 23.5 Å². The van der Waals surface area contributed by atoms with Crippen molar-refractivity contribution in [2.24, 2.45) is 5.73 Å². The Kier molecular flexibility index (Phi) is 8.34. The van der Waals surface area contributed by atoms with Gasteiger partial charge in [0.05, 0.1) is 6.04 Å². The van der Waals surface area contributed by atoms with Crippen molar-refractivity contribution in [3.8, 4) is 0 Å². The minimum absolute atomic E-state index is 0.0869. The first-order chi connectivity index (χ1) is 11.2. The third-order valence-corrected chi connectivity index (χ3v) is 6.29. The van der Waals surface area contributed by atoms with Crippen LogP contribution < -0.4 is 11.1 Å². The van der Waals surface area contributed by atoms with Crippen LogP contribution in [0.2, 0.25) is 0 Å². The summed E-state index contributed by atoms with van der Waals surface area (Å²) in [6.45, 7) is 0. The maximum absolute atomic E-state index is 12.1. The molecule has 0 aromatic heterocycles. The predicted octanol–water partition coefficient (Wildman–Crippen LogP) is 4.27. The summed E-state index contributed by atoms with van der Waals surface area (Å²) < 4.78 is 0. The van der Waals surface area contributed by atoms with Crippen LogP contribution in [0.5, 0.6) is 0 Å². The predicted molar refractivity (Wildman–Crippen MR) is 104 cm³/mol. The molecule has 1 fully saturated rings. The summed E-state index contributed by atoms with van der Waals surface area (Å²) >= 11 is 3.77. The SMILES string of the molecule is CSCC[C@H](N)C(=O)Nc1cccc(CSC2CCCCC2)c1. The molecule has 0 spiro atoms. The van der Waals surface area contributed by atoms with Crippen molar-refractivity contribution in [3.05, 3.63) is 29.8 Å². The van der Waals surface area contributed by atoms with Gasteiger partial charge in [-0.05, 0) is 49.0 Å². The maximum atomic E-state index is 12.1. The second kappa shape index (κ2) is 10.3. The lowest BCUT2D eigenvalue weighted by Crippen LogP contribution is -2.36. The monoisotopic (exact) mass is 352 g/mol. The topological polar surface area (TPSA) is 55.1 Å². The zero-order valence-electron chi connectivity index (χ0n) is 13.9. The third-order valence-electron chi connectivity index (χ3n) is 4.20. The Hall–Kier alpha value is -0.650. The zero-order valence-corrected chi connectivity index (χ0v) is 15.6. The van der Waals surface area contributed by atoms with Crippen LogP contribution in [0, 0.1) is 0 Å². The van der Waals surface area contributed by atoms with E-state index < -0.39 is 6.04 Å². The van der Waals surface area contributed by atoms with Crippen molar-refractivity contribution in [3.63, 3.8) is 0 Å². The van der Waals surface area contributed by atoms with Gasteiger partial charge in [0.25, 0.3) is 0 Å². The highest BCUT2D eigenvalue weighted by atomic mass is 32.2.